The second kappa shape index (κ2) is 4.17. The standard InChI is InChI=1S/C12H7ClN2O3/c1-15-9-3-2-6(13)4-7(9)10(11(15)16)8(5-14)12(17)18/h2-4H,1H3,(H,17,18). The fraction of sp³-hybridized carbons (Fsp3) is 0.0833. The molecule has 2 rings (SSSR count). The van der Waals surface area contributed by atoms with Gasteiger partial charge in [-0.1, -0.05) is 11.6 Å². The highest BCUT2D eigenvalue weighted by atomic mass is 35.5. The molecule has 1 N–H and O–H groups in total. The van der Waals surface area contributed by atoms with Gasteiger partial charge in [-0.2, -0.15) is 5.26 Å². The van der Waals surface area contributed by atoms with Gasteiger partial charge in [0.05, 0.1) is 11.3 Å². The summed E-state index contributed by atoms with van der Waals surface area (Å²) in [6.45, 7) is 0. The Bertz CT molecular complexity index is 643. The van der Waals surface area contributed by atoms with E-state index in [1.807, 2.05) is 0 Å². The summed E-state index contributed by atoms with van der Waals surface area (Å²) in [6.07, 6.45) is 0. The van der Waals surface area contributed by atoms with Crippen LogP contribution in [0, 0.1) is 11.3 Å². The van der Waals surface area contributed by atoms with E-state index < -0.39 is 17.4 Å². The predicted molar refractivity (Wildman–Crippen MR) is 65.0 cm³/mol. The summed E-state index contributed by atoms with van der Waals surface area (Å²) in [5.74, 6) is -1.95. The number of carbonyl (C=O) groups is 2. The number of likely N-dealkylation sites (N-methyl/N-ethyl adjacent to an activating group) is 1. The van der Waals surface area contributed by atoms with Crippen molar-refractivity contribution in [2.45, 2.75) is 0 Å². The Morgan fingerprint density at radius 1 is 1.50 bits per heavy atom. The number of aliphatic carboxylic acids is 1. The van der Waals surface area contributed by atoms with Crippen molar-refractivity contribution < 1.29 is 14.7 Å². The minimum absolute atomic E-state index is 0.120. The first-order valence-electron chi connectivity index (χ1n) is 4.93. The summed E-state index contributed by atoms with van der Waals surface area (Å²) in [7, 11) is 1.51. The molecule has 0 spiro atoms. The van der Waals surface area contributed by atoms with Crippen molar-refractivity contribution in [1.29, 1.82) is 5.26 Å². The zero-order valence-electron chi connectivity index (χ0n) is 9.27. The molecule has 1 heterocycles. The molecule has 6 heteroatoms. The molecule has 0 unspecified atom stereocenters. The van der Waals surface area contributed by atoms with Gasteiger partial charge in [-0.25, -0.2) is 4.79 Å². The van der Waals surface area contributed by atoms with Crippen LogP contribution in [-0.2, 0) is 9.59 Å². The Labute approximate surface area is 107 Å². The lowest BCUT2D eigenvalue weighted by molar-refractivity contribution is -0.132. The lowest BCUT2D eigenvalue weighted by atomic mass is 10.0. The maximum absolute atomic E-state index is 12.0. The molecule has 1 amide bonds. The number of carbonyl (C=O) groups excluding carboxylic acids is 1. The second-order valence-electron chi connectivity index (χ2n) is 3.69. The number of fused-ring (bicyclic) bond motifs is 1. The molecule has 0 atom stereocenters. The highest BCUT2D eigenvalue weighted by Crippen LogP contribution is 2.38. The zero-order valence-corrected chi connectivity index (χ0v) is 10.0. The average Bonchev–Trinajstić information content (AvgIpc) is 2.54. The Balaban J connectivity index is 2.81. The van der Waals surface area contributed by atoms with E-state index in [4.69, 9.17) is 22.0 Å². The molecule has 0 fully saturated rings. The third-order valence-corrected chi connectivity index (χ3v) is 2.92. The molecule has 1 aromatic carbocycles. The van der Waals surface area contributed by atoms with Gasteiger partial charge in [0, 0.05) is 17.6 Å². The highest BCUT2D eigenvalue weighted by Gasteiger charge is 2.34. The number of amides is 1. The summed E-state index contributed by atoms with van der Waals surface area (Å²) < 4.78 is 0. The number of carboxylic acids is 1. The van der Waals surface area contributed by atoms with E-state index in [1.165, 1.54) is 18.0 Å². The minimum atomic E-state index is -1.43. The van der Waals surface area contributed by atoms with Crippen molar-refractivity contribution in [3.8, 4) is 6.07 Å². The summed E-state index contributed by atoms with van der Waals surface area (Å²) >= 11 is 5.83. The van der Waals surface area contributed by atoms with E-state index in [9.17, 15) is 9.59 Å². The monoisotopic (exact) mass is 262 g/mol. The van der Waals surface area contributed by atoms with Crippen molar-refractivity contribution in [2.75, 3.05) is 11.9 Å². The Kier molecular flexibility index (Phi) is 2.81. The van der Waals surface area contributed by atoms with Gasteiger partial charge < -0.3 is 10.0 Å². The van der Waals surface area contributed by atoms with Crippen LogP contribution < -0.4 is 4.90 Å². The number of carboxylic acid groups (broad SMARTS) is 1. The lowest BCUT2D eigenvalue weighted by Gasteiger charge is -2.08. The molecule has 0 bridgehead atoms. The Morgan fingerprint density at radius 3 is 2.72 bits per heavy atom. The topological polar surface area (TPSA) is 81.4 Å². The van der Waals surface area contributed by atoms with E-state index >= 15 is 0 Å². The van der Waals surface area contributed by atoms with Gasteiger partial charge >= 0.3 is 5.97 Å². The molecule has 90 valence electrons. The third-order valence-electron chi connectivity index (χ3n) is 2.68. The fourth-order valence-electron chi connectivity index (χ4n) is 1.85. The van der Waals surface area contributed by atoms with Crippen molar-refractivity contribution in [3.63, 3.8) is 0 Å². The number of hydrogen-bond donors (Lipinski definition) is 1. The smallest absolute Gasteiger partial charge is 0.347 e. The number of nitrogens with zero attached hydrogens (tertiary/aromatic N) is 2. The molecule has 18 heavy (non-hydrogen) atoms. The Morgan fingerprint density at radius 2 is 2.17 bits per heavy atom. The van der Waals surface area contributed by atoms with Gasteiger partial charge in [0.2, 0.25) is 0 Å². The highest BCUT2D eigenvalue weighted by molar-refractivity contribution is 6.37. The van der Waals surface area contributed by atoms with Crippen molar-refractivity contribution in [3.05, 3.63) is 34.4 Å². The molecule has 0 aromatic heterocycles. The van der Waals surface area contributed by atoms with Crippen molar-refractivity contribution in [2.24, 2.45) is 0 Å². The van der Waals surface area contributed by atoms with Crippen molar-refractivity contribution in [1.82, 2.24) is 0 Å². The maximum Gasteiger partial charge on any atom is 0.347 e. The van der Waals surface area contributed by atoms with Crippen LogP contribution in [0.4, 0.5) is 5.69 Å². The van der Waals surface area contributed by atoms with Gasteiger partial charge in [-0.05, 0) is 18.2 Å². The molecular weight excluding hydrogens is 256 g/mol. The van der Waals surface area contributed by atoms with Crippen LogP contribution in [0.2, 0.25) is 5.02 Å². The summed E-state index contributed by atoms with van der Waals surface area (Å²) in [5, 5.41) is 18.2. The summed E-state index contributed by atoms with van der Waals surface area (Å²) in [4.78, 5) is 24.3. The molecular formula is C12H7ClN2O3. The first kappa shape index (κ1) is 12.1. The van der Waals surface area contributed by atoms with Gasteiger partial charge in [0.15, 0.2) is 5.57 Å². The van der Waals surface area contributed by atoms with Crippen LogP contribution in [0.3, 0.4) is 0 Å². The predicted octanol–water partition coefficient (Wildman–Crippen LogP) is 1.68. The van der Waals surface area contributed by atoms with Gasteiger partial charge in [0.1, 0.15) is 6.07 Å². The molecule has 0 radical (unpaired) electrons. The third kappa shape index (κ3) is 1.63. The van der Waals surface area contributed by atoms with Gasteiger partial charge in [-0.3, -0.25) is 4.79 Å². The first-order valence-corrected chi connectivity index (χ1v) is 5.30. The van der Waals surface area contributed by atoms with Crippen LogP contribution in [0.15, 0.2) is 23.8 Å². The van der Waals surface area contributed by atoms with E-state index in [0.717, 1.165) is 0 Å². The molecule has 1 aliphatic rings. The average molecular weight is 263 g/mol. The van der Waals surface area contributed by atoms with Crippen molar-refractivity contribution >= 4 is 34.7 Å². The zero-order chi connectivity index (χ0) is 13.4. The number of nitriles is 1. The number of hydrogen-bond acceptors (Lipinski definition) is 3. The first-order chi connectivity index (χ1) is 8.47. The van der Waals surface area contributed by atoms with Crippen LogP contribution in [-0.4, -0.2) is 24.0 Å². The lowest BCUT2D eigenvalue weighted by Crippen LogP contribution is -2.21. The Hall–Kier alpha value is -2.32. The van der Waals surface area contributed by atoms with E-state index in [0.29, 0.717) is 16.3 Å². The van der Waals surface area contributed by atoms with Crippen LogP contribution in [0.5, 0.6) is 0 Å². The van der Waals surface area contributed by atoms with Gasteiger partial charge in [0.25, 0.3) is 5.91 Å². The molecule has 0 aliphatic carbocycles. The SMILES string of the molecule is CN1C(=O)C(=C(C#N)C(=O)O)c2cc(Cl)ccc21. The van der Waals surface area contributed by atoms with E-state index in [2.05, 4.69) is 0 Å². The molecule has 1 aromatic rings. The van der Waals surface area contributed by atoms with E-state index in [1.54, 1.807) is 18.2 Å². The number of benzene rings is 1. The summed E-state index contributed by atoms with van der Waals surface area (Å²) in [5.41, 5.74) is 0.209. The number of rotatable bonds is 1. The number of anilines is 1. The van der Waals surface area contributed by atoms with Crippen LogP contribution in [0.1, 0.15) is 5.56 Å². The molecule has 0 saturated heterocycles. The maximum atomic E-state index is 12.0. The quantitative estimate of drug-likeness (QED) is 0.617. The molecule has 5 nitrogen and oxygen atoms in total. The van der Waals surface area contributed by atoms with Crippen LogP contribution in [0.25, 0.3) is 5.57 Å². The fourth-order valence-corrected chi connectivity index (χ4v) is 2.02. The van der Waals surface area contributed by atoms with Crippen LogP contribution >= 0.6 is 11.6 Å². The number of halogens is 1. The van der Waals surface area contributed by atoms with Gasteiger partial charge in [-0.15, -0.1) is 0 Å². The molecule has 0 saturated carbocycles. The largest absolute Gasteiger partial charge is 0.477 e. The van der Waals surface area contributed by atoms with E-state index in [-0.39, 0.29) is 5.57 Å². The normalized spacial score (nSPS) is 16.3. The molecule has 1 aliphatic heterocycles. The minimum Gasteiger partial charge on any atom is -0.477 e. The second-order valence-corrected chi connectivity index (χ2v) is 4.13. The summed E-state index contributed by atoms with van der Waals surface area (Å²) in [6, 6.07) is 6.23.